The van der Waals surface area contributed by atoms with Gasteiger partial charge < -0.3 is 23.6 Å². The highest BCUT2D eigenvalue weighted by Gasteiger charge is 2.20. The number of non-ortho nitro benzene ring substituents is 1. The molecular formula is C22H24N4O7. The van der Waals surface area contributed by atoms with Crippen LogP contribution in [0.25, 0.3) is 11.4 Å². The highest BCUT2D eigenvalue weighted by molar-refractivity contribution is 5.94. The average molecular weight is 456 g/mol. The average Bonchev–Trinajstić information content (AvgIpc) is 3.32. The van der Waals surface area contributed by atoms with Crippen LogP contribution in [0.5, 0.6) is 11.5 Å². The number of amides is 1. The standard InChI is InChI=1S/C22H24N4O7/c1-30-12-11-25(22(27)16-5-4-6-17(13-16)26(28)29)10-9-20-23-21(24-33-20)15-7-8-18(31-2)19(14-15)32-3/h4-8,13-14H,9-12H2,1-3H3. The Labute approximate surface area is 190 Å². The van der Waals surface area contributed by atoms with Crippen molar-refractivity contribution in [2.45, 2.75) is 6.42 Å². The van der Waals surface area contributed by atoms with Crippen LogP contribution in [0.3, 0.4) is 0 Å². The van der Waals surface area contributed by atoms with E-state index in [1.165, 1.54) is 43.4 Å². The summed E-state index contributed by atoms with van der Waals surface area (Å²) in [5.74, 6) is 1.48. The lowest BCUT2D eigenvalue weighted by molar-refractivity contribution is -0.384. The molecule has 0 N–H and O–H groups in total. The van der Waals surface area contributed by atoms with Gasteiger partial charge in [0, 0.05) is 49.9 Å². The molecule has 0 aliphatic rings. The van der Waals surface area contributed by atoms with Gasteiger partial charge in [-0.2, -0.15) is 4.98 Å². The number of benzene rings is 2. The second-order valence-corrected chi connectivity index (χ2v) is 6.92. The van der Waals surface area contributed by atoms with Crippen LogP contribution in [0, 0.1) is 10.1 Å². The van der Waals surface area contributed by atoms with E-state index in [2.05, 4.69) is 10.1 Å². The molecule has 0 fully saturated rings. The molecule has 0 saturated heterocycles. The molecule has 0 spiro atoms. The first-order valence-electron chi connectivity index (χ1n) is 10.0. The fraction of sp³-hybridized carbons (Fsp3) is 0.318. The lowest BCUT2D eigenvalue weighted by Crippen LogP contribution is -2.35. The molecule has 33 heavy (non-hydrogen) atoms. The maximum atomic E-state index is 13.0. The van der Waals surface area contributed by atoms with Gasteiger partial charge >= 0.3 is 0 Å². The van der Waals surface area contributed by atoms with Crippen LogP contribution in [0.4, 0.5) is 5.69 Å². The fourth-order valence-electron chi connectivity index (χ4n) is 3.13. The number of rotatable bonds is 11. The van der Waals surface area contributed by atoms with Gasteiger partial charge in [0.2, 0.25) is 11.7 Å². The third-order valence-corrected chi connectivity index (χ3v) is 4.86. The lowest BCUT2D eigenvalue weighted by atomic mass is 10.1. The van der Waals surface area contributed by atoms with Crippen LogP contribution >= 0.6 is 0 Å². The van der Waals surface area contributed by atoms with E-state index in [0.717, 1.165) is 0 Å². The summed E-state index contributed by atoms with van der Waals surface area (Å²) in [4.78, 5) is 29.4. The Hall–Kier alpha value is -3.99. The number of nitro groups is 1. The number of hydrogen-bond acceptors (Lipinski definition) is 9. The number of aromatic nitrogens is 2. The molecule has 1 heterocycles. The molecule has 0 aliphatic heterocycles. The number of ether oxygens (including phenoxy) is 3. The van der Waals surface area contributed by atoms with E-state index in [-0.39, 0.29) is 23.7 Å². The Bertz CT molecular complexity index is 1120. The second-order valence-electron chi connectivity index (χ2n) is 6.92. The molecule has 0 saturated carbocycles. The van der Waals surface area contributed by atoms with Gasteiger partial charge in [0.1, 0.15) is 0 Å². The quantitative estimate of drug-likeness (QED) is 0.316. The Balaban J connectivity index is 1.73. The minimum atomic E-state index is -0.537. The molecule has 2 aromatic carbocycles. The molecule has 1 aromatic heterocycles. The summed E-state index contributed by atoms with van der Waals surface area (Å²) in [6.45, 7) is 0.870. The summed E-state index contributed by atoms with van der Waals surface area (Å²) in [7, 11) is 4.62. The molecule has 0 unspecified atom stereocenters. The first-order chi connectivity index (χ1) is 16.0. The highest BCUT2D eigenvalue weighted by Crippen LogP contribution is 2.31. The van der Waals surface area contributed by atoms with Gasteiger partial charge in [-0.25, -0.2) is 0 Å². The van der Waals surface area contributed by atoms with Gasteiger partial charge in [0.25, 0.3) is 11.6 Å². The Morgan fingerprint density at radius 3 is 2.58 bits per heavy atom. The van der Waals surface area contributed by atoms with Crippen LogP contribution in [0.15, 0.2) is 47.0 Å². The smallest absolute Gasteiger partial charge is 0.270 e. The predicted molar refractivity (Wildman–Crippen MR) is 117 cm³/mol. The molecule has 0 bridgehead atoms. The molecule has 0 aliphatic carbocycles. The zero-order chi connectivity index (χ0) is 23.8. The van der Waals surface area contributed by atoms with Crippen molar-refractivity contribution >= 4 is 11.6 Å². The minimum absolute atomic E-state index is 0.149. The number of nitro benzene ring substituents is 1. The van der Waals surface area contributed by atoms with Crippen molar-refractivity contribution in [3.8, 4) is 22.9 Å². The maximum absolute atomic E-state index is 13.0. The summed E-state index contributed by atoms with van der Waals surface area (Å²) < 4.78 is 21.0. The van der Waals surface area contributed by atoms with Crippen molar-refractivity contribution in [1.29, 1.82) is 0 Å². The number of hydrogen-bond donors (Lipinski definition) is 0. The lowest BCUT2D eigenvalue weighted by Gasteiger charge is -2.21. The Morgan fingerprint density at radius 2 is 1.88 bits per heavy atom. The van der Waals surface area contributed by atoms with Crippen molar-refractivity contribution in [3.05, 3.63) is 64.0 Å². The van der Waals surface area contributed by atoms with Gasteiger partial charge in [-0.05, 0) is 24.3 Å². The minimum Gasteiger partial charge on any atom is -0.493 e. The van der Waals surface area contributed by atoms with E-state index >= 15 is 0 Å². The zero-order valence-electron chi connectivity index (χ0n) is 18.5. The first-order valence-corrected chi connectivity index (χ1v) is 10.0. The van der Waals surface area contributed by atoms with Crippen LogP contribution in [-0.4, -0.2) is 66.9 Å². The fourth-order valence-corrected chi connectivity index (χ4v) is 3.13. The van der Waals surface area contributed by atoms with E-state index in [1.807, 2.05) is 0 Å². The molecule has 11 heteroatoms. The van der Waals surface area contributed by atoms with E-state index in [9.17, 15) is 14.9 Å². The van der Waals surface area contributed by atoms with E-state index in [0.29, 0.717) is 48.4 Å². The molecule has 1 amide bonds. The number of carbonyl (C=O) groups is 1. The monoisotopic (exact) mass is 456 g/mol. The van der Waals surface area contributed by atoms with E-state index in [4.69, 9.17) is 18.7 Å². The van der Waals surface area contributed by atoms with Crippen molar-refractivity contribution in [2.24, 2.45) is 0 Å². The van der Waals surface area contributed by atoms with Crippen LogP contribution in [0.1, 0.15) is 16.2 Å². The summed E-state index contributed by atoms with van der Waals surface area (Å²) in [6.07, 6.45) is 0.296. The molecule has 174 valence electrons. The Kier molecular flexibility index (Phi) is 7.92. The predicted octanol–water partition coefficient (Wildman–Crippen LogP) is 2.99. The molecule has 0 atom stereocenters. The number of nitrogens with zero attached hydrogens (tertiary/aromatic N) is 4. The second kappa shape index (κ2) is 11.0. The Morgan fingerprint density at radius 1 is 1.09 bits per heavy atom. The molecule has 0 radical (unpaired) electrons. The summed E-state index contributed by atoms with van der Waals surface area (Å²) in [6, 6.07) is 10.9. The molecule has 3 rings (SSSR count). The normalized spacial score (nSPS) is 10.6. The number of carbonyl (C=O) groups excluding carboxylic acids is 1. The molecular weight excluding hydrogens is 432 g/mol. The van der Waals surface area contributed by atoms with Gasteiger partial charge in [-0.15, -0.1) is 0 Å². The summed E-state index contributed by atoms with van der Waals surface area (Å²) in [5.41, 5.74) is 0.757. The summed E-state index contributed by atoms with van der Waals surface area (Å²) >= 11 is 0. The third kappa shape index (κ3) is 5.83. The molecule has 11 nitrogen and oxygen atoms in total. The highest BCUT2D eigenvalue weighted by atomic mass is 16.6. The zero-order valence-corrected chi connectivity index (χ0v) is 18.5. The SMILES string of the molecule is COCCN(CCc1nc(-c2ccc(OC)c(OC)c2)no1)C(=O)c1cccc([N+](=O)[O-])c1. The van der Waals surface area contributed by atoms with Crippen LogP contribution in [0.2, 0.25) is 0 Å². The largest absolute Gasteiger partial charge is 0.493 e. The number of methoxy groups -OCH3 is 3. The first kappa shape index (κ1) is 23.7. The third-order valence-electron chi connectivity index (χ3n) is 4.86. The van der Waals surface area contributed by atoms with Crippen LogP contribution < -0.4 is 9.47 Å². The van der Waals surface area contributed by atoms with E-state index in [1.54, 1.807) is 25.3 Å². The van der Waals surface area contributed by atoms with Gasteiger partial charge in [0.15, 0.2) is 11.5 Å². The van der Waals surface area contributed by atoms with Gasteiger partial charge in [0.05, 0.1) is 25.7 Å². The van der Waals surface area contributed by atoms with Gasteiger partial charge in [-0.1, -0.05) is 11.2 Å². The summed E-state index contributed by atoms with van der Waals surface area (Å²) in [5, 5.41) is 15.0. The van der Waals surface area contributed by atoms with Crippen molar-refractivity contribution in [3.63, 3.8) is 0 Å². The maximum Gasteiger partial charge on any atom is 0.270 e. The molecule has 3 aromatic rings. The van der Waals surface area contributed by atoms with E-state index < -0.39 is 4.92 Å². The van der Waals surface area contributed by atoms with Crippen LogP contribution in [-0.2, 0) is 11.2 Å². The van der Waals surface area contributed by atoms with Crippen molar-refractivity contribution in [2.75, 3.05) is 41.0 Å². The van der Waals surface area contributed by atoms with Crippen molar-refractivity contribution in [1.82, 2.24) is 15.0 Å². The topological polar surface area (TPSA) is 130 Å². The van der Waals surface area contributed by atoms with Gasteiger partial charge in [-0.3, -0.25) is 14.9 Å². The van der Waals surface area contributed by atoms with Crippen molar-refractivity contribution < 1.29 is 28.5 Å².